The number of rotatable bonds is 2. The Morgan fingerprint density at radius 3 is 2.95 bits per heavy atom. The Bertz CT molecular complexity index is 924. The Hall–Kier alpha value is -1.02. The molecule has 0 aliphatic heterocycles. The molecule has 0 aliphatic carbocycles. The second-order valence-corrected chi connectivity index (χ2v) is 7.94. The van der Waals surface area contributed by atoms with Gasteiger partial charge in [0.05, 0.1) is 19.9 Å². The summed E-state index contributed by atoms with van der Waals surface area (Å²) in [5, 5.41) is 6.80. The van der Waals surface area contributed by atoms with Crippen LogP contribution in [0.25, 0.3) is 20.3 Å². The lowest BCUT2D eigenvalue weighted by Crippen LogP contribution is -1.84. The summed E-state index contributed by atoms with van der Waals surface area (Å²) < 4.78 is 9.08. The zero-order valence-electron chi connectivity index (χ0n) is 10.2. The van der Waals surface area contributed by atoms with Crippen molar-refractivity contribution in [1.82, 2.24) is 9.97 Å². The smallest absolute Gasteiger partial charge is 0.279 e. The van der Waals surface area contributed by atoms with Crippen LogP contribution >= 0.6 is 49.9 Å². The van der Waals surface area contributed by atoms with E-state index >= 15 is 0 Å². The van der Waals surface area contributed by atoms with Crippen LogP contribution in [0.1, 0.15) is 5.01 Å². The first-order valence-electron chi connectivity index (χ1n) is 5.77. The molecular weight excluding hydrogens is 376 g/mol. The summed E-state index contributed by atoms with van der Waals surface area (Å²) in [7, 11) is 0. The number of thiazole rings is 2. The van der Waals surface area contributed by atoms with Crippen LogP contribution in [-0.2, 0) is 0 Å². The van der Waals surface area contributed by atoms with E-state index in [1.54, 1.807) is 22.7 Å². The van der Waals surface area contributed by atoms with Crippen molar-refractivity contribution in [1.29, 1.82) is 0 Å². The molecule has 1 aromatic carbocycles. The van der Waals surface area contributed by atoms with E-state index < -0.39 is 0 Å². The summed E-state index contributed by atoms with van der Waals surface area (Å²) >= 11 is 8.21. The molecule has 0 saturated carbocycles. The third-order valence-corrected chi connectivity index (χ3v) is 6.09. The van der Waals surface area contributed by atoms with E-state index in [4.69, 9.17) is 4.74 Å². The predicted molar refractivity (Wildman–Crippen MR) is 89.6 cm³/mol. The van der Waals surface area contributed by atoms with Gasteiger partial charge in [-0.15, -0.1) is 22.7 Å². The highest BCUT2D eigenvalue weighted by Gasteiger charge is 2.14. The average Bonchev–Trinajstić information content (AvgIpc) is 3.08. The van der Waals surface area contributed by atoms with Crippen molar-refractivity contribution in [3.63, 3.8) is 0 Å². The second kappa shape index (κ2) is 4.77. The van der Waals surface area contributed by atoms with E-state index in [1.165, 1.54) is 16.0 Å². The first-order chi connectivity index (χ1) is 9.70. The molecule has 0 atom stereocenters. The third-order valence-electron chi connectivity index (χ3n) is 2.82. The van der Waals surface area contributed by atoms with Crippen LogP contribution < -0.4 is 4.74 Å². The SMILES string of the molecule is Cc1nc2c(cc(Oc3nc(Br)cs3)c3ccsc32)s1. The van der Waals surface area contributed by atoms with Crippen LogP contribution in [0.3, 0.4) is 0 Å². The molecule has 3 aromatic heterocycles. The summed E-state index contributed by atoms with van der Waals surface area (Å²) in [4.78, 5) is 8.91. The fourth-order valence-electron chi connectivity index (χ4n) is 2.05. The summed E-state index contributed by atoms with van der Waals surface area (Å²) in [5.74, 6) is 0.847. The highest BCUT2D eigenvalue weighted by atomic mass is 79.9. The number of fused-ring (bicyclic) bond motifs is 3. The molecule has 0 amide bonds. The molecule has 4 rings (SSSR count). The molecule has 0 spiro atoms. The van der Waals surface area contributed by atoms with Gasteiger partial charge in [-0.05, 0) is 34.3 Å². The topological polar surface area (TPSA) is 35.0 Å². The number of ether oxygens (including phenoxy) is 1. The third kappa shape index (κ3) is 2.05. The Labute approximate surface area is 135 Å². The van der Waals surface area contributed by atoms with Crippen LogP contribution in [0, 0.1) is 6.92 Å². The maximum Gasteiger partial charge on any atom is 0.279 e. The first-order valence-corrected chi connectivity index (χ1v) is 9.14. The number of halogens is 1. The van der Waals surface area contributed by atoms with Gasteiger partial charge in [-0.1, -0.05) is 11.3 Å². The van der Waals surface area contributed by atoms with Crippen molar-refractivity contribution in [2.45, 2.75) is 6.92 Å². The maximum absolute atomic E-state index is 5.95. The van der Waals surface area contributed by atoms with Crippen LogP contribution in [-0.4, -0.2) is 9.97 Å². The molecule has 20 heavy (non-hydrogen) atoms. The molecule has 7 heteroatoms. The van der Waals surface area contributed by atoms with E-state index in [0.717, 1.165) is 31.0 Å². The molecular formula is C13H7BrN2OS3. The molecule has 3 nitrogen and oxygen atoms in total. The predicted octanol–water partition coefficient (Wildman–Crippen LogP) is 5.83. The Morgan fingerprint density at radius 1 is 1.25 bits per heavy atom. The van der Waals surface area contributed by atoms with Gasteiger partial charge in [0, 0.05) is 16.8 Å². The number of aromatic nitrogens is 2. The number of benzene rings is 1. The quantitative estimate of drug-likeness (QED) is 0.437. The molecule has 100 valence electrons. The van der Waals surface area contributed by atoms with E-state index in [2.05, 4.69) is 43.4 Å². The molecule has 0 aliphatic rings. The first kappa shape index (κ1) is 12.7. The molecule has 4 aromatic rings. The van der Waals surface area contributed by atoms with Crippen LogP contribution in [0.5, 0.6) is 10.9 Å². The Kier molecular flexibility index (Phi) is 3.03. The lowest BCUT2D eigenvalue weighted by Gasteiger charge is -2.03. The summed E-state index contributed by atoms with van der Waals surface area (Å²) in [6, 6.07) is 4.14. The lowest BCUT2D eigenvalue weighted by molar-refractivity contribution is 0.484. The van der Waals surface area contributed by atoms with Crippen LogP contribution in [0.15, 0.2) is 27.5 Å². The second-order valence-electron chi connectivity index (χ2n) is 4.16. The van der Waals surface area contributed by atoms with Gasteiger partial charge in [0.1, 0.15) is 10.4 Å². The molecule has 0 radical (unpaired) electrons. The number of aryl methyl sites for hydroxylation is 1. The van der Waals surface area contributed by atoms with Gasteiger partial charge in [-0.2, -0.15) is 4.98 Å². The minimum atomic E-state index is 0.643. The summed E-state index contributed by atoms with van der Waals surface area (Å²) in [6.07, 6.45) is 0. The van der Waals surface area contributed by atoms with E-state index in [9.17, 15) is 0 Å². The molecule has 0 saturated heterocycles. The van der Waals surface area contributed by atoms with Crippen molar-refractivity contribution in [3.8, 4) is 10.9 Å². The fraction of sp³-hybridized carbons (Fsp3) is 0.0769. The number of thiophene rings is 1. The van der Waals surface area contributed by atoms with Gasteiger partial charge in [0.2, 0.25) is 0 Å². The van der Waals surface area contributed by atoms with E-state index in [0.29, 0.717) is 5.19 Å². The largest absolute Gasteiger partial charge is 0.430 e. The van der Waals surface area contributed by atoms with Gasteiger partial charge < -0.3 is 4.74 Å². The molecule has 0 bridgehead atoms. The number of nitrogens with zero attached hydrogens (tertiary/aromatic N) is 2. The summed E-state index contributed by atoms with van der Waals surface area (Å²) in [6.45, 7) is 2.03. The number of hydrogen-bond acceptors (Lipinski definition) is 6. The van der Waals surface area contributed by atoms with Crippen molar-refractivity contribution in [3.05, 3.63) is 32.5 Å². The Morgan fingerprint density at radius 2 is 2.15 bits per heavy atom. The average molecular weight is 383 g/mol. The molecule has 0 fully saturated rings. The van der Waals surface area contributed by atoms with Crippen LogP contribution in [0.2, 0.25) is 0 Å². The minimum Gasteiger partial charge on any atom is -0.430 e. The highest BCUT2D eigenvalue weighted by Crippen LogP contribution is 2.41. The van der Waals surface area contributed by atoms with E-state index in [1.807, 2.05) is 12.3 Å². The molecule has 3 heterocycles. The normalized spacial score (nSPS) is 11.5. The zero-order valence-corrected chi connectivity index (χ0v) is 14.3. The fourth-order valence-corrected chi connectivity index (χ4v) is 4.98. The van der Waals surface area contributed by atoms with Crippen LogP contribution in [0.4, 0.5) is 0 Å². The lowest BCUT2D eigenvalue weighted by atomic mass is 10.2. The van der Waals surface area contributed by atoms with Gasteiger partial charge in [-0.25, -0.2) is 4.98 Å². The van der Waals surface area contributed by atoms with Gasteiger partial charge in [-0.3, -0.25) is 0 Å². The monoisotopic (exact) mass is 382 g/mol. The van der Waals surface area contributed by atoms with Crippen molar-refractivity contribution >= 4 is 70.2 Å². The van der Waals surface area contributed by atoms with Gasteiger partial charge in [0.15, 0.2) is 0 Å². The standard InChI is InChI=1S/C13H7BrN2OS3/c1-6-15-11-9(20-6)4-8(7-2-3-18-12(7)11)17-13-16-10(14)5-19-13/h2-5H,1H3. The summed E-state index contributed by atoms with van der Waals surface area (Å²) in [5.41, 5.74) is 1.07. The van der Waals surface area contributed by atoms with Crippen molar-refractivity contribution in [2.24, 2.45) is 0 Å². The molecule has 0 N–H and O–H groups in total. The Balaban J connectivity index is 1.94. The van der Waals surface area contributed by atoms with E-state index in [-0.39, 0.29) is 0 Å². The maximum atomic E-state index is 5.95. The minimum absolute atomic E-state index is 0.643. The zero-order chi connectivity index (χ0) is 13.7. The van der Waals surface area contributed by atoms with Gasteiger partial charge in [0.25, 0.3) is 5.19 Å². The van der Waals surface area contributed by atoms with Crippen molar-refractivity contribution in [2.75, 3.05) is 0 Å². The van der Waals surface area contributed by atoms with Crippen molar-refractivity contribution < 1.29 is 4.74 Å². The number of hydrogen-bond donors (Lipinski definition) is 0. The van der Waals surface area contributed by atoms with Gasteiger partial charge >= 0.3 is 0 Å². The highest BCUT2D eigenvalue weighted by molar-refractivity contribution is 9.10. The molecule has 0 unspecified atom stereocenters.